The van der Waals surface area contributed by atoms with Crippen molar-refractivity contribution in [3.8, 4) is 17.2 Å². The van der Waals surface area contributed by atoms with Crippen molar-refractivity contribution in [3.63, 3.8) is 0 Å². The quantitative estimate of drug-likeness (QED) is 0.0521. The molecule has 18 heteroatoms. The normalized spacial score (nSPS) is 23.6. The fourth-order valence-electron chi connectivity index (χ4n) is 11.8. The van der Waals surface area contributed by atoms with E-state index in [1.54, 1.807) is 37.4 Å². The lowest BCUT2D eigenvalue weighted by atomic mass is 9.59. The molecule has 2 saturated heterocycles. The Balaban J connectivity index is 0.892. The zero-order valence-corrected chi connectivity index (χ0v) is 40.8. The van der Waals surface area contributed by atoms with Crippen LogP contribution >= 0.6 is 0 Å². The Bertz CT molecular complexity index is 2950. The van der Waals surface area contributed by atoms with Crippen molar-refractivity contribution >= 4 is 50.0 Å². The van der Waals surface area contributed by atoms with Gasteiger partial charge in [0.1, 0.15) is 18.0 Å². The molecule has 4 fully saturated rings. The van der Waals surface area contributed by atoms with E-state index >= 15 is 0 Å². The van der Waals surface area contributed by atoms with Crippen molar-refractivity contribution in [1.29, 1.82) is 0 Å². The minimum atomic E-state index is -4.76. The molecule has 2 saturated carbocycles. The molecule has 17 nitrogen and oxygen atoms in total. The summed E-state index contributed by atoms with van der Waals surface area (Å²) in [4.78, 5) is 51.0. The number of benzene rings is 3. The molecule has 4 N–H and O–H groups in total. The number of rotatable bonds is 12. The third-order valence-corrected chi connectivity index (χ3v) is 17.1. The molecule has 370 valence electrons. The van der Waals surface area contributed by atoms with Crippen molar-refractivity contribution in [2.45, 2.75) is 120 Å². The van der Waals surface area contributed by atoms with E-state index in [2.05, 4.69) is 67.9 Å². The number of anilines is 2. The number of aromatic nitrogens is 2. The van der Waals surface area contributed by atoms with Crippen LogP contribution < -0.4 is 24.4 Å². The van der Waals surface area contributed by atoms with Gasteiger partial charge in [-0.3, -0.25) is 19.8 Å². The van der Waals surface area contributed by atoms with Gasteiger partial charge in [-0.15, -0.1) is 0 Å². The number of nitro benzene ring substituents is 1. The number of fused-ring (bicyclic) bond motifs is 2. The van der Waals surface area contributed by atoms with Crippen LogP contribution in [0, 0.1) is 21.4 Å². The number of likely N-dealkylation sites (tertiary alicyclic amines) is 1. The Hall–Kier alpha value is -6.24. The highest BCUT2D eigenvalue weighted by Crippen LogP contribution is 2.54. The van der Waals surface area contributed by atoms with Gasteiger partial charge in [-0.25, -0.2) is 22.9 Å². The lowest BCUT2D eigenvalue weighted by Gasteiger charge is -2.56. The number of piperidine rings is 1. The summed E-state index contributed by atoms with van der Waals surface area (Å²) >= 11 is 0. The summed E-state index contributed by atoms with van der Waals surface area (Å²) in [7, 11) is -3.54. The van der Waals surface area contributed by atoms with Crippen LogP contribution in [-0.4, -0.2) is 96.2 Å². The molecule has 0 bridgehead atoms. The molecule has 0 unspecified atom stereocenters. The molecule has 70 heavy (non-hydrogen) atoms. The highest BCUT2D eigenvalue weighted by molar-refractivity contribution is 7.90. The molecular formula is C52H61N7O10S. The van der Waals surface area contributed by atoms with Crippen molar-refractivity contribution in [3.05, 3.63) is 105 Å². The number of aromatic amines is 1. The van der Waals surface area contributed by atoms with Crippen LogP contribution in [0.25, 0.3) is 11.0 Å². The summed E-state index contributed by atoms with van der Waals surface area (Å²) in [5.74, 6) is -1.41. The number of nitrogens with zero attached hydrogens (tertiary/aromatic N) is 4. The van der Waals surface area contributed by atoms with Gasteiger partial charge in [-0.05, 0) is 130 Å². The number of aliphatic hydroxyl groups is 1. The van der Waals surface area contributed by atoms with Gasteiger partial charge in [-0.1, -0.05) is 38.1 Å². The third kappa shape index (κ3) is 9.16. The van der Waals surface area contributed by atoms with Gasteiger partial charge in [0.2, 0.25) is 0 Å². The van der Waals surface area contributed by atoms with Gasteiger partial charge < -0.3 is 34.5 Å². The zero-order chi connectivity index (χ0) is 49.1. The Labute approximate surface area is 407 Å². The van der Waals surface area contributed by atoms with Gasteiger partial charge in [0, 0.05) is 60.6 Å². The number of hydrogen-bond donors (Lipinski definition) is 4. The third-order valence-electron chi connectivity index (χ3n) is 15.8. The van der Waals surface area contributed by atoms with Crippen molar-refractivity contribution in [2.24, 2.45) is 11.3 Å². The van der Waals surface area contributed by atoms with E-state index in [1.807, 2.05) is 0 Å². The van der Waals surface area contributed by atoms with Crippen LogP contribution in [0.1, 0.15) is 129 Å². The number of carbonyl (C=O) groups excluding carboxylic acids is 2. The Kier molecular flexibility index (Phi) is 12.5. The molecule has 2 aromatic heterocycles. The molecular weight excluding hydrogens is 915 g/mol. The van der Waals surface area contributed by atoms with Crippen molar-refractivity contribution < 1.29 is 42.2 Å². The fraction of sp³-hybridized carbons (Fsp3) is 0.481. The molecule has 3 aromatic carbocycles. The van der Waals surface area contributed by atoms with E-state index < -0.39 is 43.0 Å². The predicted molar refractivity (Wildman–Crippen MR) is 263 cm³/mol. The number of ether oxygens (including phenoxy) is 3. The molecule has 3 aliphatic heterocycles. The second kappa shape index (κ2) is 18.5. The second-order valence-electron chi connectivity index (χ2n) is 20.7. The summed E-state index contributed by atoms with van der Waals surface area (Å²) in [6, 6.07) is 19.9. The molecule has 5 heterocycles. The van der Waals surface area contributed by atoms with Gasteiger partial charge in [0.25, 0.3) is 21.6 Å². The molecule has 10 rings (SSSR count). The van der Waals surface area contributed by atoms with Gasteiger partial charge >= 0.3 is 5.97 Å². The molecule has 2 atom stereocenters. The number of hydrogen-bond acceptors (Lipinski definition) is 14. The highest BCUT2D eigenvalue weighted by atomic mass is 32.2. The lowest BCUT2D eigenvalue weighted by molar-refractivity contribution is -0.384. The van der Waals surface area contributed by atoms with Crippen LogP contribution in [0.3, 0.4) is 0 Å². The lowest BCUT2D eigenvalue weighted by Crippen LogP contribution is -2.54. The number of sulfonamides is 1. The molecule has 2 aliphatic carbocycles. The number of pyridine rings is 1. The summed E-state index contributed by atoms with van der Waals surface area (Å²) in [6.45, 7) is 9.10. The van der Waals surface area contributed by atoms with Gasteiger partial charge in [0.15, 0.2) is 22.9 Å². The van der Waals surface area contributed by atoms with Crippen LogP contribution in [0.15, 0.2) is 77.8 Å². The summed E-state index contributed by atoms with van der Waals surface area (Å²) < 4.78 is 47.7. The smallest absolute Gasteiger partial charge is 0.360 e. The van der Waals surface area contributed by atoms with E-state index in [-0.39, 0.29) is 58.2 Å². The number of esters is 1. The highest BCUT2D eigenvalue weighted by Gasteiger charge is 2.50. The Morgan fingerprint density at radius 1 is 0.986 bits per heavy atom. The molecule has 5 aromatic rings. The number of nitro groups is 1. The van der Waals surface area contributed by atoms with Crippen LogP contribution in [-0.2, 0) is 14.8 Å². The largest absolute Gasteiger partial charge is 0.489 e. The van der Waals surface area contributed by atoms with Crippen LogP contribution in [0.4, 0.5) is 17.1 Å². The average molecular weight is 976 g/mol. The van der Waals surface area contributed by atoms with E-state index in [1.165, 1.54) is 37.1 Å². The first-order valence-corrected chi connectivity index (χ1v) is 26.0. The van der Waals surface area contributed by atoms with Crippen LogP contribution in [0.5, 0.6) is 17.2 Å². The number of nitrogens with one attached hydrogen (secondary N) is 3. The number of amides is 1. The van der Waals surface area contributed by atoms with Crippen molar-refractivity contribution in [1.82, 2.24) is 19.6 Å². The monoisotopic (exact) mass is 975 g/mol. The number of carbonyl (C=O) groups is 2. The molecule has 0 radical (unpaired) electrons. The summed E-state index contributed by atoms with van der Waals surface area (Å²) in [5.41, 5.74) is 2.71. The zero-order valence-electron chi connectivity index (χ0n) is 40.0. The Morgan fingerprint density at radius 2 is 1.74 bits per heavy atom. The molecule has 5 aliphatic rings. The van der Waals surface area contributed by atoms with E-state index in [0.29, 0.717) is 54.7 Å². The average Bonchev–Trinajstić information content (AvgIpc) is 4.02. The minimum Gasteiger partial charge on any atom is -0.489 e. The van der Waals surface area contributed by atoms with E-state index in [9.17, 15) is 33.2 Å². The van der Waals surface area contributed by atoms with Crippen LogP contribution in [0.2, 0.25) is 0 Å². The van der Waals surface area contributed by atoms with Crippen molar-refractivity contribution in [2.75, 3.05) is 43.6 Å². The summed E-state index contributed by atoms with van der Waals surface area (Å²) in [5, 5.41) is 26.8. The van der Waals surface area contributed by atoms with Gasteiger partial charge in [0.05, 0.1) is 34.1 Å². The first-order valence-electron chi connectivity index (χ1n) is 24.5. The molecule has 1 amide bonds. The maximum atomic E-state index is 14.3. The second-order valence-corrected chi connectivity index (χ2v) is 22.3. The SMILES string of the molecule is COC(=O)c1nc2[nH]ccc2cc1Oc1cc(N2CCC3(CC2)CC(N2CCC[C@@H]2c2ccccc2C(C)C)C3)ccc1C(=O)NS(=O)(=O)c1cc2c(c([N+](=O)[O-])c1)N[C@@H]([C@H]1CC[C@](C)(O)CC1)CO2. The Morgan fingerprint density at radius 3 is 2.47 bits per heavy atom. The van der Waals surface area contributed by atoms with E-state index in [0.717, 1.165) is 63.1 Å². The fourth-order valence-corrected chi connectivity index (χ4v) is 12.8. The number of H-pyrrole nitrogens is 1. The summed E-state index contributed by atoms with van der Waals surface area (Å²) in [6.07, 6.45) is 10.8. The predicted octanol–water partition coefficient (Wildman–Crippen LogP) is 8.99. The first kappa shape index (κ1) is 47.4. The minimum absolute atomic E-state index is 0.0192. The molecule has 1 spiro atoms. The standard InChI is InChI=1S/C52H61N7O10S/c1-31(2)37-8-5-6-9-38(37)41-10-7-21-58(41)35-28-52(29-35)18-22-57(23-19-52)34-11-12-39(43(25-34)69-45-24-33-15-20-53-48(33)55-47(45)50(61)67-4)49(60)56-70(65,66)36-26-42(59(63)64)46-44(27-36)68-30-40(54-46)32-13-16-51(3,62)17-14-32/h5-6,8-9,11-12,15,20,24-27,31-32,35,40-41,54,62H,7,10,13-14,16-19,21-23,28-30H2,1-4H3,(H,53,55)(H,56,60)/t32-,40-,41-,51-/m1/s1. The maximum absolute atomic E-state index is 14.3. The first-order chi connectivity index (χ1) is 33.5. The van der Waals surface area contributed by atoms with Gasteiger partial charge in [-0.2, -0.15) is 0 Å². The van der Waals surface area contributed by atoms with E-state index in [4.69, 9.17) is 14.2 Å². The number of methoxy groups -OCH3 is 1. The topological polar surface area (TPSA) is 219 Å². The maximum Gasteiger partial charge on any atom is 0.360 e.